The van der Waals surface area contributed by atoms with Crippen molar-refractivity contribution in [1.82, 2.24) is 0 Å². The quantitative estimate of drug-likeness (QED) is 0.548. The Bertz CT molecular complexity index is 1120. The Morgan fingerprint density at radius 3 is 2.27 bits per heavy atom. The number of aryl methyl sites for hydroxylation is 2. The maximum Gasteiger partial charge on any atom is 0.586 e. The van der Waals surface area contributed by atoms with Crippen LogP contribution in [0.5, 0.6) is 11.5 Å². The first-order valence-electron chi connectivity index (χ1n) is 9.55. The van der Waals surface area contributed by atoms with Crippen molar-refractivity contribution < 1.29 is 27.5 Å². The zero-order chi connectivity index (χ0) is 21.6. The first-order valence-corrected chi connectivity index (χ1v) is 9.55. The first kappa shape index (κ1) is 19.9. The maximum atomic E-state index is 13.3. The normalized spacial score (nSPS) is 14.2. The molecule has 1 amide bonds. The van der Waals surface area contributed by atoms with Gasteiger partial charge in [-0.3, -0.25) is 4.79 Å². The Balaban J connectivity index is 1.56. The lowest BCUT2D eigenvalue weighted by molar-refractivity contribution is -0.286. The number of ether oxygens (including phenoxy) is 2. The van der Waals surface area contributed by atoms with Crippen LogP contribution in [0.25, 0.3) is 11.1 Å². The molecule has 1 aliphatic rings. The number of nitrogens with one attached hydrogen (secondary N) is 1. The highest BCUT2D eigenvalue weighted by Gasteiger charge is 2.43. The van der Waals surface area contributed by atoms with Gasteiger partial charge in [-0.1, -0.05) is 26.0 Å². The summed E-state index contributed by atoms with van der Waals surface area (Å²) in [6.07, 6.45) is -2.07. The van der Waals surface area contributed by atoms with E-state index in [-0.39, 0.29) is 23.3 Å². The minimum absolute atomic E-state index is 0.00497. The van der Waals surface area contributed by atoms with Gasteiger partial charge in [-0.15, -0.1) is 8.78 Å². The summed E-state index contributed by atoms with van der Waals surface area (Å²) in [6.45, 7) is 7.57. The third kappa shape index (κ3) is 3.63. The molecule has 30 heavy (non-hydrogen) atoms. The number of anilines is 1. The third-order valence-electron chi connectivity index (χ3n) is 4.96. The fourth-order valence-electron chi connectivity index (χ4n) is 3.52. The largest absolute Gasteiger partial charge is 0.586 e. The Labute approximate surface area is 172 Å². The second-order valence-corrected chi connectivity index (χ2v) is 7.63. The van der Waals surface area contributed by atoms with Crippen LogP contribution in [-0.4, -0.2) is 12.2 Å². The SMILES string of the molecule is Cc1cc2c(cc1-c1ccc(NC(=O)c3c(C)coc3C(C)C)cc1)OC(F)(F)O2. The summed E-state index contributed by atoms with van der Waals surface area (Å²) in [6, 6.07) is 10.2. The van der Waals surface area contributed by atoms with Crippen LogP contribution in [-0.2, 0) is 0 Å². The molecule has 0 aliphatic carbocycles. The number of rotatable bonds is 4. The molecule has 3 aromatic rings. The van der Waals surface area contributed by atoms with E-state index in [0.29, 0.717) is 17.0 Å². The summed E-state index contributed by atoms with van der Waals surface area (Å²) in [7, 11) is 0. The second kappa shape index (κ2) is 7.16. The monoisotopic (exact) mass is 413 g/mol. The molecule has 4 rings (SSSR count). The fraction of sp³-hybridized carbons (Fsp3) is 0.261. The van der Waals surface area contributed by atoms with Crippen molar-refractivity contribution >= 4 is 11.6 Å². The van der Waals surface area contributed by atoms with E-state index in [9.17, 15) is 13.6 Å². The van der Waals surface area contributed by atoms with Crippen LogP contribution >= 0.6 is 0 Å². The van der Waals surface area contributed by atoms with Gasteiger partial charge in [-0.05, 0) is 54.8 Å². The lowest BCUT2D eigenvalue weighted by Gasteiger charge is -2.11. The molecule has 2 heterocycles. The van der Waals surface area contributed by atoms with Gasteiger partial charge >= 0.3 is 6.29 Å². The molecule has 7 heteroatoms. The van der Waals surface area contributed by atoms with Crippen LogP contribution in [0, 0.1) is 13.8 Å². The Hall–Kier alpha value is -3.35. The van der Waals surface area contributed by atoms with Crippen LogP contribution in [0.4, 0.5) is 14.5 Å². The zero-order valence-electron chi connectivity index (χ0n) is 17.0. The predicted octanol–water partition coefficient (Wildman–Crippen LogP) is 6.26. The molecule has 1 aliphatic heterocycles. The Morgan fingerprint density at radius 1 is 1.00 bits per heavy atom. The molecule has 0 unspecified atom stereocenters. The standard InChI is InChI=1S/C23H21F2NO4/c1-12(2)21-20(14(4)11-28-21)22(27)26-16-7-5-15(6-8-16)17-10-19-18(9-13(17)3)29-23(24,25)30-19/h5-12H,1-4H3,(H,26,27). The number of hydrogen-bond acceptors (Lipinski definition) is 4. The summed E-state index contributed by atoms with van der Waals surface area (Å²) < 4.78 is 41.2. The van der Waals surface area contributed by atoms with Crippen molar-refractivity contribution in [1.29, 1.82) is 0 Å². The highest BCUT2D eigenvalue weighted by Crippen LogP contribution is 2.44. The molecule has 5 nitrogen and oxygen atoms in total. The molecular formula is C23H21F2NO4. The molecule has 0 saturated carbocycles. The van der Waals surface area contributed by atoms with Gasteiger partial charge in [-0.25, -0.2) is 0 Å². The molecule has 0 spiro atoms. The molecular weight excluding hydrogens is 392 g/mol. The van der Waals surface area contributed by atoms with Gasteiger partial charge in [0.25, 0.3) is 5.91 Å². The number of amides is 1. The number of fused-ring (bicyclic) bond motifs is 1. The summed E-state index contributed by atoms with van der Waals surface area (Å²) >= 11 is 0. The van der Waals surface area contributed by atoms with E-state index in [4.69, 9.17) is 4.42 Å². The summed E-state index contributed by atoms with van der Waals surface area (Å²) in [5.41, 5.74) is 4.24. The van der Waals surface area contributed by atoms with E-state index in [0.717, 1.165) is 22.3 Å². The topological polar surface area (TPSA) is 60.7 Å². The number of benzene rings is 2. The minimum atomic E-state index is -3.65. The lowest BCUT2D eigenvalue weighted by Crippen LogP contribution is -2.25. The molecule has 1 N–H and O–H groups in total. The molecule has 0 bridgehead atoms. The van der Waals surface area contributed by atoms with Crippen molar-refractivity contribution in [2.75, 3.05) is 5.32 Å². The third-order valence-corrected chi connectivity index (χ3v) is 4.96. The van der Waals surface area contributed by atoms with Gasteiger partial charge in [0.15, 0.2) is 11.5 Å². The average Bonchev–Trinajstić information content (AvgIpc) is 3.19. The van der Waals surface area contributed by atoms with E-state index in [2.05, 4.69) is 14.8 Å². The smallest absolute Gasteiger partial charge is 0.468 e. The Morgan fingerprint density at radius 2 is 1.63 bits per heavy atom. The van der Waals surface area contributed by atoms with Gasteiger partial charge in [0.05, 0.1) is 11.8 Å². The summed E-state index contributed by atoms with van der Waals surface area (Å²) in [5.74, 6) is 0.507. The highest BCUT2D eigenvalue weighted by molar-refractivity contribution is 6.06. The van der Waals surface area contributed by atoms with Crippen LogP contribution < -0.4 is 14.8 Å². The second-order valence-electron chi connectivity index (χ2n) is 7.63. The zero-order valence-corrected chi connectivity index (χ0v) is 17.0. The van der Waals surface area contributed by atoms with E-state index in [1.165, 1.54) is 12.1 Å². The molecule has 0 atom stereocenters. The van der Waals surface area contributed by atoms with Crippen molar-refractivity contribution in [2.24, 2.45) is 0 Å². The molecule has 0 fully saturated rings. The van der Waals surface area contributed by atoms with Crippen molar-refractivity contribution in [2.45, 2.75) is 39.9 Å². The van der Waals surface area contributed by atoms with Crippen LogP contribution in [0.1, 0.15) is 47.0 Å². The summed E-state index contributed by atoms with van der Waals surface area (Å²) in [5, 5.41) is 2.88. The van der Waals surface area contributed by atoms with E-state index in [1.807, 2.05) is 32.9 Å². The van der Waals surface area contributed by atoms with Gasteiger partial charge in [0.1, 0.15) is 5.76 Å². The van der Waals surface area contributed by atoms with Crippen LogP contribution in [0.2, 0.25) is 0 Å². The van der Waals surface area contributed by atoms with Gasteiger partial charge < -0.3 is 19.2 Å². The van der Waals surface area contributed by atoms with Crippen LogP contribution in [0.3, 0.4) is 0 Å². The van der Waals surface area contributed by atoms with Gasteiger partial charge in [0, 0.05) is 17.2 Å². The highest BCUT2D eigenvalue weighted by atomic mass is 19.3. The average molecular weight is 413 g/mol. The summed E-state index contributed by atoms with van der Waals surface area (Å²) in [4.78, 5) is 12.7. The molecule has 0 radical (unpaired) electrons. The van der Waals surface area contributed by atoms with Crippen molar-refractivity contribution in [3.05, 3.63) is 65.1 Å². The lowest BCUT2D eigenvalue weighted by atomic mass is 9.99. The van der Waals surface area contributed by atoms with Gasteiger partial charge in [0.2, 0.25) is 0 Å². The number of furan rings is 1. The van der Waals surface area contributed by atoms with Crippen LogP contribution in [0.15, 0.2) is 47.1 Å². The van der Waals surface area contributed by atoms with E-state index in [1.54, 1.807) is 25.3 Å². The molecule has 1 aromatic heterocycles. The minimum Gasteiger partial charge on any atom is -0.468 e. The van der Waals surface area contributed by atoms with Crippen molar-refractivity contribution in [3.8, 4) is 22.6 Å². The Kier molecular flexibility index (Phi) is 4.76. The van der Waals surface area contributed by atoms with E-state index < -0.39 is 6.29 Å². The molecule has 0 saturated heterocycles. The fourth-order valence-corrected chi connectivity index (χ4v) is 3.52. The van der Waals surface area contributed by atoms with Gasteiger partial charge in [-0.2, -0.15) is 0 Å². The number of carbonyl (C=O) groups is 1. The maximum absolute atomic E-state index is 13.3. The van der Waals surface area contributed by atoms with E-state index >= 15 is 0 Å². The van der Waals surface area contributed by atoms with Crippen molar-refractivity contribution in [3.63, 3.8) is 0 Å². The molecule has 2 aromatic carbocycles. The number of carbonyl (C=O) groups excluding carboxylic acids is 1. The number of alkyl halides is 2. The predicted molar refractivity (Wildman–Crippen MR) is 108 cm³/mol. The number of hydrogen-bond donors (Lipinski definition) is 1. The molecule has 156 valence electrons. The first-order chi connectivity index (χ1) is 14.1. The number of halogens is 2.